The van der Waals surface area contributed by atoms with Gasteiger partial charge in [-0.3, -0.25) is 9.36 Å². The van der Waals surface area contributed by atoms with Crippen molar-refractivity contribution in [2.24, 2.45) is 0 Å². The van der Waals surface area contributed by atoms with Gasteiger partial charge in [0.25, 0.3) is 5.91 Å². The van der Waals surface area contributed by atoms with E-state index >= 15 is 0 Å². The molecule has 4 aromatic rings. The summed E-state index contributed by atoms with van der Waals surface area (Å²) in [5, 5.41) is 2.88. The standard InChI is InChI=1S/C21H17N3O2/c1-26-18-10-8-16(9-11-18)23-21(25)15-7-12-20-19(13-15)22-14-24(20)17-5-3-2-4-6-17/h2-14H,1H3,(H,23,25). The molecule has 0 aliphatic carbocycles. The van der Waals surface area contributed by atoms with E-state index in [1.807, 2.05) is 47.0 Å². The van der Waals surface area contributed by atoms with Crippen molar-refractivity contribution in [1.29, 1.82) is 0 Å². The molecular weight excluding hydrogens is 326 g/mol. The van der Waals surface area contributed by atoms with Gasteiger partial charge in [-0.1, -0.05) is 18.2 Å². The lowest BCUT2D eigenvalue weighted by Crippen LogP contribution is -2.11. The first-order valence-electron chi connectivity index (χ1n) is 8.22. The number of nitrogens with one attached hydrogen (secondary N) is 1. The average Bonchev–Trinajstić information content (AvgIpc) is 3.12. The van der Waals surface area contributed by atoms with E-state index in [9.17, 15) is 4.79 Å². The van der Waals surface area contributed by atoms with Gasteiger partial charge < -0.3 is 10.1 Å². The second-order valence-electron chi connectivity index (χ2n) is 5.84. The Labute approximate surface area is 150 Å². The topological polar surface area (TPSA) is 56.1 Å². The normalized spacial score (nSPS) is 10.7. The monoisotopic (exact) mass is 343 g/mol. The second kappa shape index (κ2) is 6.72. The van der Waals surface area contributed by atoms with Crippen LogP contribution in [0.2, 0.25) is 0 Å². The molecule has 0 aliphatic rings. The van der Waals surface area contributed by atoms with Gasteiger partial charge in [0, 0.05) is 16.9 Å². The van der Waals surface area contributed by atoms with Gasteiger partial charge in [0.05, 0.1) is 18.1 Å². The number of carbonyl (C=O) groups excluding carboxylic acids is 1. The van der Waals surface area contributed by atoms with Crippen molar-refractivity contribution < 1.29 is 9.53 Å². The van der Waals surface area contributed by atoms with Gasteiger partial charge in [-0.05, 0) is 54.6 Å². The van der Waals surface area contributed by atoms with E-state index in [2.05, 4.69) is 10.3 Å². The molecule has 4 rings (SSSR count). The van der Waals surface area contributed by atoms with E-state index in [1.165, 1.54) is 0 Å². The molecule has 0 radical (unpaired) electrons. The third-order valence-corrected chi connectivity index (χ3v) is 4.19. The summed E-state index contributed by atoms with van der Waals surface area (Å²) in [6.45, 7) is 0. The molecule has 0 fully saturated rings. The summed E-state index contributed by atoms with van der Waals surface area (Å²) in [5.74, 6) is 0.571. The van der Waals surface area contributed by atoms with Crippen LogP contribution in [0.3, 0.4) is 0 Å². The molecule has 0 unspecified atom stereocenters. The lowest BCUT2D eigenvalue weighted by atomic mass is 10.1. The number of para-hydroxylation sites is 1. The van der Waals surface area contributed by atoms with Gasteiger partial charge in [-0.2, -0.15) is 0 Å². The molecular formula is C21H17N3O2. The smallest absolute Gasteiger partial charge is 0.255 e. The Morgan fingerprint density at radius 2 is 1.77 bits per heavy atom. The van der Waals surface area contributed by atoms with E-state index in [-0.39, 0.29) is 5.91 Å². The predicted octanol–water partition coefficient (Wildman–Crippen LogP) is 4.29. The maximum absolute atomic E-state index is 12.5. The van der Waals surface area contributed by atoms with Crippen LogP contribution >= 0.6 is 0 Å². The van der Waals surface area contributed by atoms with Crippen LogP contribution in [0.15, 0.2) is 79.1 Å². The number of anilines is 1. The van der Waals surface area contributed by atoms with Crippen LogP contribution in [-0.4, -0.2) is 22.6 Å². The summed E-state index contributed by atoms with van der Waals surface area (Å²) in [4.78, 5) is 16.9. The van der Waals surface area contributed by atoms with Crippen LogP contribution in [0, 0.1) is 0 Å². The third-order valence-electron chi connectivity index (χ3n) is 4.19. The summed E-state index contributed by atoms with van der Waals surface area (Å²) in [7, 11) is 1.61. The first kappa shape index (κ1) is 15.9. The largest absolute Gasteiger partial charge is 0.497 e. The van der Waals surface area contributed by atoms with Crippen molar-refractivity contribution in [2.75, 3.05) is 12.4 Å². The van der Waals surface area contributed by atoms with Gasteiger partial charge >= 0.3 is 0 Å². The number of aromatic nitrogens is 2. The molecule has 3 aromatic carbocycles. The first-order valence-corrected chi connectivity index (χ1v) is 8.22. The number of amides is 1. The van der Waals surface area contributed by atoms with Crippen LogP contribution < -0.4 is 10.1 Å². The predicted molar refractivity (Wildman–Crippen MR) is 102 cm³/mol. The Balaban J connectivity index is 1.60. The van der Waals surface area contributed by atoms with Crippen LogP contribution in [0.25, 0.3) is 16.7 Å². The lowest BCUT2D eigenvalue weighted by molar-refractivity contribution is 0.102. The van der Waals surface area contributed by atoms with Gasteiger partial charge in [-0.15, -0.1) is 0 Å². The number of hydrogen-bond donors (Lipinski definition) is 1. The molecule has 0 atom stereocenters. The van der Waals surface area contributed by atoms with Crippen molar-refractivity contribution in [3.63, 3.8) is 0 Å². The van der Waals surface area contributed by atoms with E-state index in [4.69, 9.17) is 4.74 Å². The lowest BCUT2D eigenvalue weighted by Gasteiger charge is -2.07. The van der Waals surface area contributed by atoms with E-state index < -0.39 is 0 Å². The first-order chi connectivity index (χ1) is 12.7. The summed E-state index contributed by atoms with van der Waals surface area (Å²) < 4.78 is 7.12. The molecule has 0 aliphatic heterocycles. The maximum atomic E-state index is 12.5. The van der Waals surface area contributed by atoms with Gasteiger partial charge in [0.2, 0.25) is 0 Å². The molecule has 5 heteroatoms. The quantitative estimate of drug-likeness (QED) is 0.601. The minimum absolute atomic E-state index is 0.175. The van der Waals surface area contributed by atoms with Gasteiger partial charge in [-0.25, -0.2) is 4.98 Å². The zero-order valence-corrected chi connectivity index (χ0v) is 14.2. The van der Waals surface area contributed by atoms with Crippen molar-refractivity contribution >= 4 is 22.6 Å². The molecule has 1 heterocycles. The second-order valence-corrected chi connectivity index (χ2v) is 5.84. The molecule has 0 spiro atoms. The van der Waals surface area contributed by atoms with Gasteiger partial charge in [0.15, 0.2) is 0 Å². The Hall–Kier alpha value is -3.60. The highest BCUT2D eigenvalue weighted by Crippen LogP contribution is 2.21. The Morgan fingerprint density at radius 3 is 2.50 bits per heavy atom. The number of imidazole rings is 1. The minimum atomic E-state index is -0.175. The van der Waals surface area contributed by atoms with Crippen LogP contribution in [0.1, 0.15) is 10.4 Å². The molecule has 0 saturated carbocycles. The number of carbonyl (C=O) groups is 1. The number of rotatable bonds is 4. The van der Waals surface area contributed by atoms with Crippen molar-refractivity contribution in [3.05, 3.63) is 84.7 Å². The maximum Gasteiger partial charge on any atom is 0.255 e. The van der Waals surface area contributed by atoms with Crippen LogP contribution in [0.4, 0.5) is 5.69 Å². The van der Waals surface area contributed by atoms with Gasteiger partial charge in [0.1, 0.15) is 12.1 Å². The van der Waals surface area contributed by atoms with Crippen molar-refractivity contribution in [3.8, 4) is 11.4 Å². The highest BCUT2D eigenvalue weighted by atomic mass is 16.5. The Kier molecular flexibility index (Phi) is 4.11. The molecule has 1 N–H and O–H groups in total. The molecule has 0 bridgehead atoms. The molecule has 1 amide bonds. The number of fused-ring (bicyclic) bond motifs is 1. The molecule has 5 nitrogen and oxygen atoms in total. The summed E-state index contributed by atoms with van der Waals surface area (Å²) >= 11 is 0. The molecule has 1 aromatic heterocycles. The fourth-order valence-electron chi connectivity index (χ4n) is 2.83. The summed E-state index contributed by atoms with van der Waals surface area (Å²) in [6.07, 6.45) is 1.77. The fourth-order valence-corrected chi connectivity index (χ4v) is 2.83. The fraction of sp³-hybridized carbons (Fsp3) is 0.0476. The Morgan fingerprint density at radius 1 is 1.00 bits per heavy atom. The number of hydrogen-bond acceptors (Lipinski definition) is 3. The zero-order valence-electron chi connectivity index (χ0n) is 14.2. The van der Waals surface area contributed by atoms with E-state index in [1.54, 1.807) is 43.8 Å². The number of methoxy groups -OCH3 is 1. The molecule has 0 saturated heterocycles. The van der Waals surface area contributed by atoms with Crippen LogP contribution in [-0.2, 0) is 0 Å². The molecule has 26 heavy (non-hydrogen) atoms. The summed E-state index contributed by atoms with van der Waals surface area (Å²) in [6, 6.07) is 22.7. The van der Waals surface area contributed by atoms with E-state index in [0.29, 0.717) is 11.3 Å². The summed E-state index contributed by atoms with van der Waals surface area (Å²) in [5.41, 5.74) is 4.04. The van der Waals surface area contributed by atoms with Crippen LogP contribution in [0.5, 0.6) is 5.75 Å². The SMILES string of the molecule is COc1ccc(NC(=O)c2ccc3c(c2)ncn3-c2ccccc2)cc1. The number of benzene rings is 3. The highest BCUT2D eigenvalue weighted by Gasteiger charge is 2.10. The molecule has 128 valence electrons. The highest BCUT2D eigenvalue weighted by molar-refractivity contribution is 6.06. The third kappa shape index (κ3) is 3.02. The average molecular weight is 343 g/mol. The van der Waals surface area contributed by atoms with E-state index in [0.717, 1.165) is 22.5 Å². The number of ether oxygens (including phenoxy) is 1. The van der Waals surface area contributed by atoms with Crippen molar-refractivity contribution in [2.45, 2.75) is 0 Å². The van der Waals surface area contributed by atoms with Crippen molar-refractivity contribution in [1.82, 2.24) is 9.55 Å². The number of nitrogens with zero attached hydrogens (tertiary/aromatic N) is 2. The Bertz CT molecular complexity index is 1050. The minimum Gasteiger partial charge on any atom is -0.497 e. The zero-order chi connectivity index (χ0) is 17.9.